The van der Waals surface area contributed by atoms with E-state index in [2.05, 4.69) is 36.1 Å². The molecule has 0 amide bonds. The van der Waals surface area contributed by atoms with Crippen molar-refractivity contribution >= 4 is 30.8 Å². The van der Waals surface area contributed by atoms with Gasteiger partial charge in [-0.3, -0.25) is 9.69 Å². The fourth-order valence-electron chi connectivity index (χ4n) is 2.59. The number of rotatable bonds is 3. The Morgan fingerprint density at radius 1 is 1.33 bits per heavy atom. The first kappa shape index (κ1) is 20.2. The molecule has 0 unspecified atom stereocenters. The van der Waals surface area contributed by atoms with Crippen LogP contribution in [0.15, 0.2) is 24.3 Å². The van der Waals surface area contributed by atoms with E-state index in [0.29, 0.717) is 12.8 Å². The third kappa shape index (κ3) is 5.15. The molecule has 1 aliphatic rings. The van der Waals surface area contributed by atoms with Crippen molar-refractivity contribution in [1.82, 2.24) is 4.90 Å². The molecule has 21 heavy (non-hydrogen) atoms. The summed E-state index contributed by atoms with van der Waals surface area (Å²) in [6, 6.07) is 8.51. The number of halogens is 2. The Morgan fingerprint density at radius 3 is 2.48 bits per heavy atom. The van der Waals surface area contributed by atoms with Crippen molar-refractivity contribution < 1.29 is 9.53 Å². The zero-order valence-corrected chi connectivity index (χ0v) is 14.1. The van der Waals surface area contributed by atoms with Crippen LogP contribution in [0.5, 0.6) is 0 Å². The first-order valence-corrected chi connectivity index (χ1v) is 6.69. The summed E-state index contributed by atoms with van der Waals surface area (Å²) in [5.41, 5.74) is 7.88. The number of esters is 1. The highest BCUT2D eigenvalue weighted by Gasteiger charge is 2.38. The number of carbonyl (C=O) groups excluding carboxylic acids is 1. The van der Waals surface area contributed by atoms with E-state index in [1.807, 2.05) is 0 Å². The van der Waals surface area contributed by atoms with Gasteiger partial charge in [0.1, 0.15) is 5.54 Å². The largest absolute Gasteiger partial charge is 0.468 e. The molecule has 2 rings (SSSR count). The van der Waals surface area contributed by atoms with E-state index in [-0.39, 0.29) is 30.8 Å². The molecule has 1 saturated heterocycles. The topological polar surface area (TPSA) is 55.6 Å². The molecule has 0 radical (unpaired) electrons. The summed E-state index contributed by atoms with van der Waals surface area (Å²) in [6.07, 6.45) is 1.32. The molecule has 1 aromatic carbocycles. The van der Waals surface area contributed by atoms with E-state index in [4.69, 9.17) is 10.5 Å². The predicted molar refractivity (Wildman–Crippen MR) is 89.1 cm³/mol. The summed E-state index contributed by atoms with van der Waals surface area (Å²) in [5.74, 6) is -0.289. The summed E-state index contributed by atoms with van der Waals surface area (Å²) in [7, 11) is 1.40. The van der Waals surface area contributed by atoms with Crippen molar-refractivity contribution in [2.75, 3.05) is 20.2 Å². The molecule has 1 aliphatic heterocycles. The number of nitrogens with zero attached hydrogens (tertiary/aromatic N) is 1. The van der Waals surface area contributed by atoms with Crippen LogP contribution in [0, 0.1) is 6.92 Å². The highest BCUT2D eigenvalue weighted by molar-refractivity contribution is 5.85. The van der Waals surface area contributed by atoms with Crippen LogP contribution in [0.3, 0.4) is 0 Å². The number of benzene rings is 1. The Labute approximate surface area is 138 Å². The van der Waals surface area contributed by atoms with Crippen LogP contribution in [0.2, 0.25) is 0 Å². The number of ether oxygens (including phenoxy) is 1. The summed E-state index contributed by atoms with van der Waals surface area (Å²) in [6.45, 7) is 4.68. The SMILES string of the molecule is COC(=O)C1(N)CCN(Cc2cccc(C)c2)CC1.Cl.Cl. The Balaban J connectivity index is 0.00000200. The van der Waals surface area contributed by atoms with Gasteiger partial charge in [-0.05, 0) is 25.3 Å². The van der Waals surface area contributed by atoms with Gasteiger partial charge in [-0.15, -0.1) is 24.8 Å². The molecule has 0 aliphatic carbocycles. The van der Waals surface area contributed by atoms with Crippen LogP contribution in [0.25, 0.3) is 0 Å². The summed E-state index contributed by atoms with van der Waals surface area (Å²) in [4.78, 5) is 14.0. The van der Waals surface area contributed by atoms with E-state index in [9.17, 15) is 4.79 Å². The molecule has 0 atom stereocenters. The van der Waals surface area contributed by atoms with Crippen LogP contribution in [0.1, 0.15) is 24.0 Å². The van der Waals surface area contributed by atoms with Gasteiger partial charge in [0.25, 0.3) is 0 Å². The van der Waals surface area contributed by atoms with Crippen molar-refractivity contribution in [3.63, 3.8) is 0 Å². The van der Waals surface area contributed by atoms with Crippen molar-refractivity contribution in [3.05, 3.63) is 35.4 Å². The third-order valence-electron chi connectivity index (χ3n) is 3.83. The highest BCUT2D eigenvalue weighted by Crippen LogP contribution is 2.22. The lowest BCUT2D eigenvalue weighted by atomic mass is 9.88. The lowest BCUT2D eigenvalue weighted by Gasteiger charge is -2.37. The summed E-state index contributed by atoms with van der Waals surface area (Å²) in [5, 5.41) is 0. The summed E-state index contributed by atoms with van der Waals surface area (Å²) >= 11 is 0. The van der Waals surface area contributed by atoms with Gasteiger partial charge in [-0.1, -0.05) is 29.8 Å². The second kappa shape index (κ2) is 8.59. The Morgan fingerprint density at radius 2 is 1.95 bits per heavy atom. The normalized spacial score (nSPS) is 17.3. The van der Waals surface area contributed by atoms with Gasteiger partial charge >= 0.3 is 5.97 Å². The number of piperidine rings is 1. The smallest absolute Gasteiger partial charge is 0.325 e. The fourth-order valence-corrected chi connectivity index (χ4v) is 2.59. The van der Waals surface area contributed by atoms with Gasteiger partial charge in [0, 0.05) is 19.6 Å². The van der Waals surface area contributed by atoms with Crippen LogP contribution < -0.4 is 5.73 Å². The van der Waals surface area contributed by atoms with E-state index in [1.54, 1.807) is 0 Å². The first-order valence-electron chi connectivity index (χ1n) is 6.69. The molecule has 0 bridgehead atoms. The van der Waals surface area contributed by atoms with Crippen LogP contribution in [-0.4, -0.2) is 36.6 Å². The van der Waals surface area contributed by atoms with Gasteiger partial charge < -0.3 is 10.5 Å². The number of aryl methyl sites for hydroxylation is 1. The molecule has 4 nitrogen and oxygen atoms in total. The molecule has 2 N–H and O–H groups in total. The van der Waals surface area contributed by atoms with Gasteiger partial charge in [0.2, 0.25) is 0 Å². The quantitative estimate of drug-likeness (QED) is 0.862. The highest BCUT2D eigenvalue weighted by atomic mass is 35.5. The molecule has 0 saturated carbocycles. The van der Waals surface area contributed by atoms with Crippen LogP contribution in [0.4, 0.5) is 0 Å². The Hall–Kier alpha value is -0.810. The fraction of sp³-hybridized carbons (Fsp3) is 0.533. The van der Waals surface area contributed by atoms with E-state index in [0.717, 1.165) is 19.6 Å². The molecule has 6 heteroatoms. The van der Waals surface area contributed by atoms with Crippen molar-refractivity contribution in [3.8, 4) is 0 Å². The molecule has 120 valence electrons. The first-order chi connectivity index (χ1) is 9.03. The molecular formula is C15H24Cl2N2O2. The van der Waals surface area contributed by atoms with Gasteiger partial charge in [-0.25, -0.2) is 0 Å². The number of nitrogens with two attached hydrogens (primary N) is 1. The second-order valence-corrected chi connectivity index (χ2v) is 5.41. The number of hydrogen-bond acceptors (Lipinski definition) is 4. The standard InChI is InChI=1S/C15H22N2O2.2ClH/c1-12-4-3-5-13(10-12)11-17-8-6-15(16,7-9-17)14(18)19-2;;/h3-5,10H,6-9,11,16H2,1-2H3;2*1H. The number of likely N-dealkylation sites (tertiary alicyclic amines) is 1. The summed E-state index contributed by atoms with van der Waals surface area (Å²) < 4.78 is 4.78. The molecule has 1 heterocycles. The number of hydrogen-bond donors (Lipinski definition) is 1. The maximum absolute atomic E-state index is 11.6. The molecule has 0 aromatic heterocycles. The minimum atomic E-state index is -0.794. The van der Waals surface area contributed by atoms with E-state index >= 15 is 0 Å². The van der Waals surface area contributed by atoms with Crippen LogP contribution in [-0.2, 0) is 16.1 Å². The van der Waals surface area contributed by atoms with Gasteiger partial charge in [0.15, 0.2) is 0 Å². The van der Waals surface area contributed by atoms with Crippen molar-refractivity contribution in [2.24, 2.45) is 5.73 Å². The zero-order chi connectivity index (χ0) is 13.9. The number of methoxy groups -OCH3 is 1. The molecule has 1 fully saturated rings. The maximum Gasteiger partial charge on any atom is 0.325 e. The third-order valence-corrected chi connectivity index (χ3v) is 3.83. The van der Waals surface area contributed by atoms with Gasteiger partial charge in [-0.2, -0.15) is 0 Å². The zero-order valence-electron chi connectivity index (χ0n) is 12.5. The van der Waals surface area contributed by atoms with E-state index < -0.39 is 5.54 Å². The average molecular weight is 335 g/mol. The maximum atomic E-state index is 11.6. The molecular weight excluding hydrogens is 311 g/mol. The molecule has 0 spiro atoms. The predicted octanol–water partition coefficient (Wildman–Crippen LogP) is 2.30. The van der Waals surface area contributed by atoms with Gasteiger partial charge in [0.05, 0.1) is 7.11 Å². The lowest BCUT2D eigenvalue weighted by Crippen LogP contribution is -2.55. The van der Waals surface area contributed by atoms with Crippen LogP contribution >= 0.6 is 24.8 Å². The minimum Gasteiger partial charge on any atom is -0.468 e. The number of carbonyl (C=O) groups is 1. The Bertz CT molecular complexity index is 461. The lowest BCUT2D eigenvalue weighted by molar-refractivity contribution is -0.149. The van der Waals surface area contributed by atoms with Crippen molar-refractivity contribution in [1.29, 1.82) is 0 Å². The minimum absolute atomic E-state index is 0. The monoisotopic (exact) mass is 334 g/mol. The van der Waals surface area contributed by atoms with Crippen molar-refractivity contribution in [2.45, 2.75) is 31.8 Å². The second-order valence-electron chi connectivity index (χ2n) is 5.41. The molecule has 1 aromatic rings. The van der Waals surface area contributed by atoms with E-state index in [1.165, 1.54) is 18.2 Å². The average Bonchev–Trinajstić information content (AvgIpc) is 2.41. The Kier molecular flexibility index (Phi) is 8.26.